The number of carbonyl (C=O) groups is 1. The fourth-order valence-corrected chi connectivity index (χ4v) is 2.90. The number of aliphatic hydroxyl groups excluding tert-OH is 1. The first-order valence-corrected chi connectivity index (χ1v) is 6.53. The second kappa shape index (κ2) is 5.37. The molecule has 1 aliphatic rings. The van der Waals surface area contributed by atoms with E-state index < -0.39 is 0 Å². The lowest BCUT2D eigenvalue weighted by Gasteiger charge is -2.09. The predicted octanol–water partition coefficient (Wildman–Crippen LogP) is 1.87. The van der Waals surface area contributed by atoms with Crippen LogP contribution in [0.3, 0.4) is 0 Å². The van der Waals surface area contributed by atoms with Gasteiger partial charge in [-0.05, 0) is 29.9 Å². The maximum atomic E-state index is 11.8. The minimum Gasteiger partial charge on any atom is -0.392 e. The number of anilines is 1. The molecule has 0 saturated carbocycles. The van der Waals surface area contributed by atoms with Crippen LogP contribution in [0, 0.1) is 5.92 Å². The Balaban J connectivity index is 1.94. The number of hydrogen-bond acceptors (Lipinski definition) is 3. The van der Waals surface area contributed by atoms with Gasteiger partial charge in [0, 0.05) is 17.4 Å². The minimum atomic E-state index is 0.0352. The molecule has 1 saturated heterocycles. The monoisotopic (exact) mass is 237 g/mol. The molecule has 86 valence electrons. The molecular formula is C12H15NO2S. The van der Waals surface area contributed by atoms with Gasteiger partial charge in [-0.1, -0.05) is 12.1 Å². The van der Waals surface area contributed by atoms with E-state index in [1.807, 2.05) is 36.0 Å². The predicted molar refractivity (Wildman–Crippen MR) is 66.4 cm³/mol. The molecule has 1 unspecified atom stereocenters. The van der Waals surface area contributed by atoms with Crippen LogP contribution in [0.15, 0.2) is 24.3 Å². The number of aliphatic hydroxyl groups is 1. The van der Waals surface area contributed by atoms with Gasteiger partial charge in [-0.15, -0.1) is 0 Å². The average molecular weight is 237 g/mol. The maximum Gasteiger partial charge on any atom is 0.228 e. The summed E-state index contributed by atoms with van der Waals surface area (Å²) in [5.41, 5.74) is 1.66. The summed E-state index contributed by atoms with van der Waals surface area (Å²) in [4.78, 5) is 11.8. The zero-order valence-electron chi connectivity index (χ0n) is 8.98. The smallest absolute Gasteiger partial charge is 0.228 e. The molecule has 1 heterocycles. The summed E-state index contributed by atoms with van der Waals surface area (Å²) in [7, 11) is 0. The Morgan fingerprint density at radius 2 is 2.19 bits per heavy atom. The lowest BCUT2D eigenvalue weighted by Crippen LogP contribution is -2.22. The van der Waals surface area contributed by atoms with Crippen molar-refractivity contribution in [2.75, 3.05) is 16.8 Å². The molecular weight excluding hydrogens is 222 g/mol. The largest absolute Gasteiger partial charge is 0.392 e. The van der Waals surface area contributed by atoms with Crippen LogP contribution in [0.5, 0.6) is 0 Å². The van der Waals surface area contributed by atoms with Crippen LogP contribution >= 0.6 is 11.8 Å². The summed E-state index contributed by atoms with van der Waals surface area (Å²) in [5, 5.41) is 11.8. The van der Waals surface area contributed by atoms with Crippen molar-refractivity contribution in [3.63, 3.8) is 0 Å². The van der Waals surface area contributed by atoms with Gasteiger partial charge in [0.25, 0.3) is 0 Å². The number of carbonyl (C=O) groups excluding carboxylic acids is 1. The molecule has 4 heteroatoms. The lowest BCUT2D eigenvalue weighted by atomic mass is 10.1. The van der Waals surface area contributed by atoms with E-state index in [-0.39, 0.29) is 18.4 Å². The van der Waals surface area contributed by atoms with Crippen molar-refractivity contribution in [1.29, 1.82) is 0 Å². The number of hydrogen-bond donors (Lipinski definition) is 2. The number of benzene rings is 1. The van der Waals surface area contributed by atoms with Crippen molar-refractivity contribution in [3.05, 3.63) is 29.8 Å². The second-order valence-electron chi connectivity index (χ2n) is 3.90. The summed E-state index contributed by atoms with van der Waals surface area (Å²) in [5.74, 6) is 2.28. The first-order chi connectivity index (χ1) is 7.79. The highest BCUT2D eigenvalue weighted by Crippen LogP contribution is 2.24. The second-order valence-corrected chi connectivity index (χ2v) is 5.05. The first-order valence-electron chi connectivity index (χ1n) is 5.38. The molecule has 0 aliphatic carbocycles. The van der Waals surface area contributed by atoms with E-state index in [2.05, 4.69) is 5.32 Å². The van der Waals surface area contributed by atoms with Crippen LogP contribution in [0.2, 0.25) is 0 Å². The molecule has 0 spiro atoms. The molecule has 2 N–H and O–H groups in total. The van der Waals surface area contributed by atoms with Crippen LogP contribution in [-0.4, -0.2) is 22.5 Å². The first kappa shape index (κ1) is 11.5. The topological polar surface area (TPSA) is 49.3 Å². The van der Waals surface area contributed by atoms with Gasteiger partial charge < -0.3 is 10.4 Å². The molecule has 0 aromatic heterocycles. The maximum absolute atomic E-state index is 11.8. The van der Waals surface area contributed by atoms with Gasteiger partial charge in [0.15, 0.2) is 0 Å². The third kappa shape index (κ3) is 2.77. The van der Waals surface area contributed by atoms with E-state index in [9.17, 15) is 4.79 Å². The fourth-order valence-electron chi connectivity index (χ4n) is 1.68. The third-order valence-electron chi connectivity index (χ3n) is 2.70. The van der Waals surface area contributed by atoms with E-state index in [0.717, 1.165) is 29.2 Å². The zero-order chi connectivity index (χ0) is 11.4. The van der Waals surface area contributed by atoms with Crippen molar-refractivity contribution in [1.82, 2.24) is 0 Å². The molecule has 2 rings (SSSR count). The van der Waals surface area contributed by atoms with Crippen LogP contribution in [-0.2, 0) is 11.4 Å². The summed E-state index contributed by atoms with van der Waals surface area (Å²) in [6.45, 7) is 0.0352. The highest BCUT2D eigenvalue weighted by Gasteiger charge is 2.22. The molecule has 16 heavy (non-hydrogen) atoms. The van der Waals surface area contributed by atoms with Crippen LogP contribution < -0.4 is 5.32 Å². The van der Waals surface area contributed by atoms with Crippen molar-refractivity contribution in [2.45, 2.75) is 13.0 Å². The highest BCUT2D eigenvalue weighted by atomic mass is 32.2. The Labute approximate surface area is 99.2 Å². The summed E-state index contributed by atoms with van der Waals surface area (Å²) < 4.78 is 0. The van der Waals surface area contributed by atoms with Gasteiger partial charge in [-0.25, -0.2) is 0 Å². The van der Waals surface area contributed by atoms with Gasteiger partial charge in [0.1, 0.15) is 0 Å². The standard InChI is InChI=1S/C12H15NO2S/c14-7-9-1-3-11(4-2-9)13-12(15)10-5-6-16-8-10/h1-4,10,14H,5-8H2,(H,13,15). The Bertz CT molecular complexity index is 358. The molecule has 1 aromatic rings. The van der Waals surface area contributed by atoms with Gasteiger partial charge in [0.2, 0.25) is 5.91 Å². The van der Waals surface area contributed by atoms with E-state index in [0.29, 0.717) is 0 Å². The number of rotatable bonds is 3. The summed E-state index contributed by atoms with van der Waals surface area (Å²) >= 11 is 1.83. The van der Waals surface area contributed by atoms with E-state index in [1.54, 1.807) is 0 Å². The van der Waals surface area contributed by atoms with Crippen molar-refractivity contribution in [3.8, 4) is 0 Å². The Kier molecular flexibility index (Phi) is 3.85. The Morgan fingerprint density at radius 1 is 1.44 bits per heavy atom. The molecule has 1 amide bonds. The van der Waals surface area contributed by atoms with E-state index >= 15 is 0 Å². The van der Waals surface area contributed by atoms with Crippen molar-refractivity contribution in [2.24, 2.45) is 5.92 Å². The van der Waals surface area contributed by atoms with Gasteiger partial charge in [0.05, 0.1) is 6.61 Å². The van der Waals surface area contributed by atoms with Crippen molar-refractivity contribution < 1.29 is 9.90 Å². The molecule has 0 bridgehead atoms. The molecule has 1 aliphatic heterocycles. The molecule has 1 atom stereocenters. The fraction of sp³-hybridized carbons (Fsp3) is 0.417. The molecule has 3 nitrogen and oxygen atoms in total. The SMILES string of the molecule is O=C(Nc1ccc(CO)cc1)C1CCSC1. The van der Waals surface area contributed by atoms with Crippen LogP contribution in [0.4, 0.5) is 5.69 Å². The number of thioether (sulfide) groups is 1. The van der Waals surface area contributed by atoms with E-state index in [1.165, 1.54) is 0 Å². The van der Waals surface area contributed by atoms with Crippen molar-refractivity contribution >= 4 is 23.4 Å². The quantitative estimate of drug-likeness (QED) is 0.843. The molecule has 1 fully saturated rings. The molecule has 0 radical (unpaired) electrons. The minimum absolute atomic E-state index is 0.0352. The zero-order valence-corrected chi connectivity index (χ0v) is 9.80. The number of nitrogens with one attached hydrogen (secondary N) is 1. The summed E-state index contributed by atoms with van der Waals surface area (Å²) in [6, 6.07) is 7.29. The highest BCUT2D eigenvalue weighted by molar-refractivity contribution is 7.99. The van der Waals surface area contributed by atoms with E-state index in [4.69, 9.17) is 5.11 Å². The molecule has 1 aromatic carbocycles. The number of amides is 1. The Hall–Kier alpha value is -1.00. The summed E-state index contributed by atoms with van der Waals surface area (Å²) in [6.07, 6.45) is 0.977. The van der Waals surface area contributed by atoms with Gasteiger partial charge in [-0.2, -0.15) is 11.8 Å². The van der Waals surface area contributed by atoms with Crippen LogP contribution in [0.25, 0.3) is 0 Å². The Morgan fingerprint density at radius 3 is 2.75 bits per heavy atom. The normalized spacial score (nSPS) is 19.7. The van der Waals surface area contributed by atoms with Crippen LogP contribution in [0.1, 0.15) is 12.0 Å². The third-order valence-corrected chi connectivity index (χ3v) is 3.87. The average Bonchev–Trinajstić information content (AvgIpc) is 2.83. The van der Waals surface area contributed by atoms with Gasteiger partial charge >= 0.3 is 0 Å². The van der Waals surface area contributed by atoms with Gasteiger partial charge in [-0.3, -0.25) is 4.79 Å². The lowest BCUT2D eigenvalue weighted by molar-refractivity contribution is -0.119.